The zero-order valence-electron chi connectivity index (χ0n) is 23.2. The Morgan fingerprint density at radius 3 is 2.59 bits per heavy atom. The quantitative estimate of drug-likeness (QED) is 0.264. The molecular formula is C28H42N8O3. The number of unbranched alkanes of at least 4 members (excludes halogenated alkanes) is 2. The van der Waals surface area contributed by atoms with Crippen LogP contribution in [0.3, 0.4) is 0 Å². The van der Waals surface area contributed by atoms with Gasteiger partial charge in [-0.05, 0) is 30.5 Å². The highest BCUT2D eigenvalue weighted by Gasteiger charge is 2.18. The molecule has 0 aliphatic carbocycles. The molecule has 0 atom stereocenters. The van der Waals surface area contributed by atoms with E-state index in [1.54, 1.807) is 7.11 Å². The van der Waals surface area contributed by atoms with Crippen LogP contribution in [-0.4, -0.2) is 83.4 Å². The third-order valence-corrected chi connectivity index (χ3v) is 7.13. The Bertz CT molecular complexity index is 1220. The first-order valence-electron chi connectivity index (χ1n) is 13.9. The standard InChI is InChI=1S/C28H42N8O3/c1-3-4-5-10-31-26-25-23(32-27(29)33-26)9-12-36(25)20-22-8-7-21(18-24(22)38-2)19-35-15-13-34(14-16-35)11-6-17-39-28(30)37/h7-9,12,18H,3-6,10-11,13-17,19-20H2,1-2H3,(H2,30,37)(H3,29,31,32,33). The molecule has 5 N–H and O–H groups in total. The molecule has 0 radical (unpaired) electrons. The molecule has 0 saturated carbocycles. The van der Waals surface area contributed by atoms with Crippen LogP contribution in [0, 0.1) is 0 Å². The Morgan fingerprint density at radius 1 is 1.05 bits per heavy atom. The fourth-order valence-corrected chi connectivity index (χ4v) is 5.05. The SMILES string of the molecule is CCCCCNc1nc(N)nc2ccn(Cc3ccc(CN4CCN(CCCOC(N)=O)CC4)cc3OC)c12. The van der Waals surface area contributed by atoms with E-state index in [0.29, 0.717) is 13.2 Å². The van der Waals surface area contributed by atoms with E-state index in [-0.39, 0.29) is 5.95 Å². The predicted octanol–water partition coefficient (Wildman–Crippen LogP) is 3.28. The van der Waals surface area contributed by atoms with Gasteiger partial charge in [-0.25, -0.2) is 9.78 Å². The minimum Gasteiger partial charge on any atom is -0.496 e. The highest BCUT2D eigenvalue weighted by atomic mass is 16.5. The van der Waals surface area contributed by atoms with Gasteiger partial charge in [0.25, 0.3) is 0 Å². The van der Waals surface area contributed by atoms with Crippen molar-refractivity contribution >= 4 is 28.9 Å². The molecule has 39 heavy (non-hydrogen) atoms. The number of carbonyl (C=O) groups excluding carboxylic acids is 1. The van der Waals surface area contributed by atoms with Gasteiger partial charge in [0.1, 0.15) is 11.3 Å². The smallest absolute Gasteiger partial charge is 0.404 e. The summed E-state index contributed by atoms with van der Waals surface area (Å²) >= 11 is 0. The Kier molecular flexibility index (Phi) is 10.2. The van der Waals surface area contributed by atoms with Crippen LogP contribution >= 0.6 is 0 Å². The van der Waals surface area contributed by atoms with Crippen LogP contribution in [0.15, 0.2) is 30.5 Å². The van der Waals surface area contributed by atoms with Gasteiger partial charge < -0.3 is 35.7 Å². The van der Waals surface area contributed by atoms with E-state index in [1.807, 2.05) is 12.3 Å². The number of methoxy groups -OCH3 is 1. The number of ether oxygens (including phenoxy) is 2. The fourth-order valence-electron chi connectivity index (χ4n) is 5.05. The van der Waals surface area contributed by atoms with Gasteiger partial charge in [-0.3, -0.25) is 4.90 Å². The van der Waals surface area contributed by atoms with Crippen molar-refractivity contribution in [2.45, 2.75) is 45.7 Å². The molecule has 11 heteroatoms. The first-order chi connectivity index (χ1) is 19.0. The number of piperazine rings is 1. The van der Waals surface area contributed by atoms with Crippen molar-refractivity contribution in [2.24, 2.45) is 5.73 Å². The second-order valence-corrected chi connectivity index (χ2v) is 10.0. The predicted molar refractivity (Wildman–Crippen MR) is 154 cm³/mol. The molecule has 1 aliphatic heterocycles. The summed E-state index contributed by atoms with van der Waals surface area (Å²) in [4.78, 5) is 24.5. The Labute approximate surface area is 230 Å². The fraction of sp³-hybridized carbons (Fsp3) is 0.536. The number of nitrogens with two attached hydrogens (primary N) is 2. The molecule has 11 nitrogen and oxygen atoms in total. The summed E-state index contributed by atoms with van der Waals surface area (Å²) < 4.78 is 12.8. The lowest BCUT2D eigenvalue weighted by Gasteiger charge is -2.34. The molecule has 1 fully saturated rings. The first kappa shape index (κ1) is 28.4. The van der Waals surface area contributed by atoms with Crippen LogP contribution in [-0.2, 0) is 17.8 Å². The lowest BCUT2D eigenvalue weighted by molar-refractivity contribution is 0.113. The van der Waals surface area contributed by atoms with Gasteiger partial charge in [0, 0.05) is 57.6 Å². The second-order valence-electron chi connectivity index (χ2n) is 10.0. The second kappa shape index (κ2) is 14.0. The molecule has 212 valence electrons. The van der Waals surface area contributed by atoms with Crippen molar-refractivity contribution in [3.63, 3.8) is 0 Å². The van der Waals surface area contributed by atoms with E-state index in [9.17, 15) is 4.79 Å². The topological polar surface area (TPSA) is 137 Å². The average Bonchev–Trinajstić information content (AvgIpc) is 3.33. The van der Waals surface area contributed by atoms with Gasteiger partial charge in [0.05, 0.1) is 25.8 Å². The van der Waals surface area contributed by atoms with Crippen molar-refractivity contribution in [1.82, 2.24) is 24.3 Å². The monoisotopic (exact) mass is 538 g/mol. The summed E-state index contributed by atoms with van der Waals surface area (Å²) in [7, 11) is 1.72. The van der Waals surface area contributed by atoms with Gasteiger partial charge in [0.15, 0.2) is 5.82 Å². The van der Waals surface area contributed by atoms with Gasteiger partial charge >= 0.3 is 6.09 Å². The summed E-state index contributed by atoms with van der Waals surface area (Å²) in [6.45, 7) is 9.81. The minimum absolute atomic E-state index is 0.276. The largest absolute Gasteiger partial charge is 0.496 e. The summed E-state index contributed by atoms with van der Waals surface area (Å²) in [5.74, 6) is 1.92. The number of nitrogen functional groups attached to an aromatic ring is 1. The number of hydrogen-bond acceptors (Lipinski definition) is 9. The number of benzene rings is 1. The number of amides is 1. The van der Waals surface area contributed by atoms with Crippen LogP contribution in [0.4, 0.5) is 16.6 Å². The van der Waals surface area contributed by atoms with E-state index in [2.05, 4.69) is 54.8 Å². The normalized spacial score (nSPS) is 14.5. The number of aromatic nitrogens is 3. The van der Waals surface area contributed by atoms with Gasteiger partial charge in [-0.15, -0.1) is 0 Å². The van der Waals surface area contributed by atoms with Gasteiger partial charge in [-0.2, -0.15) is 4.98 Å². The average molecular weight is 539 g/mol. The highest BCUT2D eigenvalue weighted by Crippen LogP contribution is 2.27. The Morgan fingerprint density at radius 2 is 1.85 bits per heavy atom. The molecular weight excluding hydrogens is 496 g/mol. The highest BCUT2D eigenvalue weighted by molar-refractivity contribution is 5.87. The molecule has 0 unspecified atom stereocenters. The maximum absolute atomic E-state index is 10.7. The number of hydrogen-bond donors (Lipinski definition) is 3. The lowest BCUT2D eigenvalue weighted by Crippen LogP contribution is -2.46. The summed E-state index contributed by atoms with van der Waals surface area (Å²) in [5.41, 5.74) is 15.1. The zero-order chi connectivity index (χ0) is 27.6. The van der Waals surface area contributed by atoms with Crippen molar-refractivity contribution in [3.05, 3.63) is 41.6 Å². The molecule has 1 aliphatic rings. The number of nitrogens with zero attached hydrogens (tertiary/aromatic N) is 5. The number of primary amides is 1. The van der Waals surface area contributed by atoms with E-state index < -0.39 is 6.09 Å². The van der Waals surface area contributed by atoms with Crippen LogP contribution in [0.1, 0.15) is 43.7 Å². The number of anilines is 2. The summed E-state index contributed by atoms with van der Waals surface area (Å²) in [6, 6.07) is 8.47. The van der Waals surface area contributed by atoms with E-state index in [4.69, 9.17) is 20.9 Å². The van der Waals surface area contributed by atoms with Crippen LogP contribution < -0.4 is 21.5 Å². The van der Waals surface area contributed by atoms with Crippen LogP contribution in [0.25, 0.3) is 11.0 Å². The molecule has 3 aromatic rings. The maximum Gasteiger partial charge on any atom is 0.404 e. The molecule has 0 spiro atoms. The Hall–Kier alpha value is -3.57. The molecule has 1 amide bonds. The van der Waals surface area contributed by atoms with E-state index in [1.165, 1.54) is 18.4 Å². The van der Waals surface area contributed by atoms with Gasteiger partial charge in [-0.1, -0.05) is 31.9 Å². The molecule has 0 bridgehead atoms. The number of carbonyl (C=O) groups is 1. The molecule has 4 rings (SSSR count). The van der Waals surface area contributed by atoms with E-state index in [0.717, 1.165) is 86.8 Å². The molecule has 1 aromatic carbocycles. The number of rotatable bonds is 14. The van der Waals surface area contributed by atoms with Gasteiger partial charge in [0.2, 0.25) is 5.95 Å². The third-order valence-electron chi connectivity index (χ3n) is 7.13. The van der Waals surface area contributed by atoms with Crippen molar-refractivity contribution in [3.8, 4) is 5.75 Å². The Balaban J connectivity index is 1.37. The zero-order valence-corrected chi connectivity index (χ0v) is 23.2. The van der Waals surface area contributed by atoms with Crippen molar-refractivity contribution in [1.29, 1.82) is 0 Å². The van der Waals surface area contributed by atoms with Crippen molar-refractivity contribution < 1.29 is 14.3 Å². The number of fused-ring (bicyclic) bond motifs is 1. The molecule has 2 aromatic heterocycles. The van der Waals surface area contributed by atoms with E-state index >= 15 is 0 Å². The summed E-state index contributed by atoms with van der Waals surface area (Å²) in [5, 5.41) is 3.46. The summed E-state index contributed by atoms with van der Waals surface area (Å²) in [6.07, 6.45) is 5.54. The lowest BCUT2D eigenvalue weighted by atomic mass is 10.1. The first-order valence-corrected chi connectivity index (χ1v) is 13.9. The van der Waals surface area contributed by atoms with Crippen LogP contribution in [0.2, 0.25) is 0 Å². The minimum atomic E-state index is -0.707. The third kappa shape index (κ3) is 7.96. The maximum atomic E-state index is 10.7. The van der Waals surface area contributed by atoms with Crippen LogP contribution in [0.5, 0.6) is 5.75 Å². The molecule has 3 heterocycles. The number of nitrogens with one attached hydrogen (secondary N) is 1. The van der Waals surface area contributed by atoms with Crippen molar-refractivity contribution in [2.75, 3.05) is 64.0 Å². The molecule has 1 saturated heterocycles.